The van der Waals surface area contributed by atoms with Gasteiger partial charge in [-0.15, -0.1) is 0 Å². The first kappa shape index (κ1) is 18.2. The van der Waals surface area contributed by atoms with Crippen molar-refractivity contribution in [2.24, 2.45) is 0 Å². The van der Waals surface area contributed by atoms with Crippen molar-refractivity contribution in [3.8, 4) is 5.75 Å². The number of hydrogen-bond acceptors (Lipinski definition) is 4. The number of hydrogen-bond donors (Lipinski definition) is 0. The van der Waals surface area contributed by atoms with E-state index in [0.29, 0.717) is 11.7 Å². The Balaban J connectivity index is 2.27. The van der Waals surface area contributed by atoms with Crippen LogP contribution in [0.3, 0.4) is 0 Å². The molecule has 24 heavy (non-hydrogen) atoms. The summed E-state index contributed by atoms with van der Waals surface area (Å²) >= 11 is 0. The van der Waals surface area contributed by atoms with Crippen LogP contribution in [-0.4, -0.2) is 32.8 Å². The van der Waals surface area contributed by atoms with Gasteiger partial charge < -0.3 is 4.74 Å². The lowest BCUT2D eigenvalue weighted by Gasteiger charge is -2.12. The third kappa shape index (κ3) is 4.01. The molecular weight excluding hydrogens is 326 g/mol. The van der Waals surface area contributed by atoms with E-state index >= 15 is 0 Å². The molecule has 0 aromatic heterocycles. The summed E-state index contributed by atoms with van der Waals surface area (Å²) in [6.45, 7) is 4.10. The lowest BCUT2D eigenvalue weighted by Crippen LogP contribution is -2.22. The van der Waals surface area contributed by atoms with Crippen LogP contribution in [0.5, 0.6) is 5.75 Å². The normalized spacial score (nSPS) is 11.8. The Kier molecular flexibility index (Phi) is 5.41. The Morgan fingerprint density at radius 3 is 2.33 bits per heavy atom. The summed E-state index contributed by atoms with van der Waals surface area (Å²) in [5.41, 5.74) is 1.25. The minimum Gasteiger partial charge on any atom is -0.423 e. The van der Waals surface area contributed by atoms with Gasteiger partial charge in [-0.2, -0.15) is 0 Å². The van der Waals surface area contributed by atoms with E-state index in [0.717, 1.165) is 9.87 Å². The van der Waals surface area contributed by atoms with Gasteiger partial charge in [0.1, 0.15) is 5.75 Å². The first-order valence-electron chi connectivity index (χ1n) is 7.56. The molecule has 2 rings (SSSR count). The molecule has 0 fully saturated rings. The molecule has 0 saturated carbocycles. The van der Waals surface area contributed by atoms with Gasteiger partial charge in [-0.25, -0.2) is 17.5 Å². The summed E-state index contributed by atoms with van der Waals surface area (Å²) in [4.78, 5) is 12.4. The van der Waals surface area contributed by atoms with Crippen LogP contribution in [0, 0.1) is 0 Å². The van der Waals surface area contributed by atoms with E-state index in [1.807, 2.05) is 18.2 Å². The number of rotatable bonds is 5. The van der Waals surface area contributed by atoms with Gasteiger partial charge >= 0.3 is 5.97 Å². The third-order valence-electron chi connectivity index (χ3n) is 3.58. The predicted molar refractivity (Wildman–Crippen MR) is 92.8 cm³/mol. The lowest BCUT2D eigenvalue weighted by molar-refractivity contribution is 0.0734. The number of sulfonamides is 1. The topological polar surface area (TPSA) is 63.7 Å². The van der Waals surface area contributed by atoms with Gasteiger partial charge in [0.25, 0.3) is 0 Å². The van der Waals surface area contributed by atoms with E-state index in [-0.39, 0.29) is 10.5 Å². The largest absolute Gasteiger partial charge is 0.423 e. The molecule has 0 unspecified atom stereocenters. The second kappa shape index (κ2) is 7.15. The van der Waals surface area contributed by atoms with E-state index in [1.165, 1.54) is 38.4 Å². The van der Waals surface area contributed by atoms with Crippen LogP contribution in [-0.2, 0) is 10.0 Å². The molecule has 0 aliphatic rings. The van der Waals surface area contributed by atoms with Crippen molar-refractivity contribution >= 4 is 16.0 Å². The molecule has 6 heteroatoms. The SMILES string of the molecule is CC(C)c1cccc(OC(=O)c2cccc(S(=O)(=O)N(C)C)c2)c1. The highest BCUT2D eigenvalue weighted by molar-refractivity contribution is 7.89. The molecule has 128 valence electrons. The number of esters is 1. The molecule has 0 amide bonds. The maximum atomic E-state index is 12.3. The van der Waals surface area contributed by atoms with Crippen LogP contribution in [0.4, 0.5) is 0 Å². The molecule has 0 atom stereocenters. The molecule has 5 nitrogen and oxygen atoms in total. The Labute approximate surface area is 142 Å². The van der Waals surface area contributed by atoms with Crippen molar-refractivity contribution in [3.63, 3.8) is 0 Å². The van der Waals surface area contributed by atoms with E-state index in [2.05, 4.69) is 13.8 Å². The van der Waals surface area contributed by atoms with Gasteiger partial charge in [0.15, 0.2) is 0 Å². The Hall–Kier alpha value is -2.18. The fraction of sp³-hybridized carbons (Fsp3) is 0.278. The van der Waals surface area contributed by atoms with Gasteiger partial charge in [-0.3, -0.25) is 0 Å². The van der Waals surface area contributed by atoms with Crippen LogP contribution in [0.25, 0.3) is 0 Å². The van der Waals surface area contributed by atoms with Crippen molar-refractivity contribution in [2.75, 3.05) is 14.1 Å². The maximum Gasteiger partial charge on any atom is 0.343 e. The number of carbonyl (C=O) groups is 1. The van der Waals surface area contributed by atoms with Gasteiger partial charge in [-0.1, -0.05) is 32.0 Å². The highest BCUT2D eigenvalue weighted by atomic mass is 32.2. The summed E-state index contributed by atoms with van der Waals surface area (Å²) in [5, 5.41) is 0. The maximum absolute atomic E-state index is 12.3. The minimum absolute atomic E-state index is 0.0536. The first-order valence-corrected chi connectivity index (χ1v) is 9.00. The Morgan fingerprint density at radius 1 is 1.04 bits per heavy atom. The average Bonchev–Trinajstić information content (AvgIpc) is 2.55. The van der Waals surface area contributed by atoms with E-state index in [4.69, 9.17) is 4.74 Å². The minimum atomic E-state index is -3.60. The van der Waals surface area contributed by atoms with Gasteiger partial charge in [0.05, 0.1) is 10.5 Å². The van der Waals surface area contributed by atoms with E-state index in [9.17, 15) is 13.2 Å². The molecule has 2 aromatic rings. The fourth-order valence-electron chi connectivity index (χ4n) is 2.10. The molecule has 0 bridgehead atoms. The monoisotopic (exact) mass is 347 g/mol. The fourth-order valence-corrected chi connectivity index (χ4v) is 3.05. The lowest BCUT2D eigenvalue weighted by atomic mass is 10.0. The zero-order valence-corrected chi connectivity index (χ0v) is 15.0. The zero-order chi connectivity index (χ0) is 17.9. The zero-order valence-electron chi connectivity index (χ0n) is 14.2. The van der Waals surface area contributed by atoms with Crippen molar-refractivity contribution < 1.29 is 17.9 Å². The van der Waals surface area contributed by atoms with Gasteiger partial charge in [0.2, 0.25) is 10.0 Å². The van der Waals surface area contributed by atoms with Crippen LogP contribution in [0.2, 0.25) is 0 Å². The van der Waals surface area contributed by atoms with Crippen molar-refractivity contribution in [1.82, 2.24) is 4.31 Å². The molecule has 0 N–H and O–H groups in total. The van der Waals surface area contributed by atoms with Crippen molar-refractivity contribution in [2.45, 2.75) is 24.7 Å². The summed E-state index contributed by atoms with van der Waals surface area (Å²) in [5.74, 6) is 0.163. The molecule has 0 aliphatic heterocycles. The van der Waals surface area contributed by atoms with Crippen molar-refractivity contribution in [1.29, 1.82) is 0 Å². The summed E-state index contributed by atoms with van der Waals surface area (Å²) < 4.78 is 30.8. The molecule has 0 saturated heterocycles. The quantitative estimate of drug-likeness (QED) is 0.615. The van der Waals surface area contributed by atoms with Crippen LogP contribution < -0.4 is 4.74 Å². The molecule has 0 spiro atoms. The highest BCUT2D eigenvalue weighted by Gasteiger charge is 2.19. The standard InChI is InChI=1S/C18H21NO4S/c1-13(2)14-7-5-9-16(11-14)23-18(20)15-8-6-10-17(12-15)24(21,22)19(3)4/h5-13H,1-4H3. The number of ether oxygens (including phenoxy) is 1. The Bertz CT molecular complexity index is 842. The van der Waals surface area contributed by atoms with Crippen LogP contribution in [0.15, 0.2) is 53.4 Å². The molecule has 0 heterocycles. The number of benzene rings is 2. The number of carbonyl (C=O) groups excluding carboxylic acids is 1. The van der Waals surface area contributed by atoms with Crippen LogP contribution >= 0.6 is 0 Å². The molecule has 2 aromatic carbocycles. The second-order valence-electron chi connectivity index (χ2n) is 5.93. The summed E-state index contributed by atoms with van der Waals surface area (Å²) in [6.07, 6.45) is 0. The smallest absolute Gasteiger partial charge is 0.343 e. The second-order valence-corrected chi connectivity index (χ2v) is 8.08. The predicted octanol–water partition coefficient (Wildman–Crippen LogP) is 3.28. The molecular formula is C18H21NO4S. The summed E-state index contributed by atoms with van der Waals surface area (Å²) in [6, 6.07) is 13.1. The third-order valence-corrected chi connectivity index (χ3v) is 5.39. The van der Waals surface area contributed by atoms with Crippen molar-refractivity contribution in [3.05, 3.63) is 59.7 Å². The number of nitrogens with zero attached hydrogens (tertiary/aromatic N) is 1. The molecule has 0 radical (unpaired) electrons. The average molecular weight is 347 g/mol. The van der Waals surface area contributed by atoms with E-state index < -0.39 is 16.0 Å². The Morgan fingerprint density at radius 2 is 1.71 bits per heavy atom. The summed E-state index contributed by atoms with van der Waals surface area (Å²) in [7, 11) is -0.714. The molecule has 0 aliphatic carbocycles. The van der Waals surface area contributed by atoms with Gasteiger partial charge in [-0.05, 0) is 41.8 Å². The van der Waals surface area contributed by atoms with Gasteiger partial charge in [0, 0.05) is 14.1 Å². The van der Waals surface area contributed by atoms with Crippen LogP contribution in [0.1, 0.15) is 35.7 Å². The highest BCUT2D eigenvalue weighted by Crippen LogP contribution is 2.22. The first-order chi connectivity index (χ1) is 11.2. The van der Waals surface area contributed by atoms with E-state index in [1.54, 1.807) is 6.07 Å².